The molecule has 0 saturated carbocycles. The Morgan fingerprint density at radius 3 is 2.81 bits per heavy atom. The fraction of sp³-hybridized carbons (Fsp3) is 0.444. The van der Waals surface area contributed by atoms with E-state index < -0.39 is 12.0 Å². The molecule has 1 rings (SSSR count). The Labute approximate surface area is 91.9 Å². The summed E-state index contributed by atoms with van der Waals surface area (Å²) >= 11 is 0. The Kier molecular flexibility index (Phi) is 3.87. The lowest BCUT2D eigenvalue weighted by Crippen LogP contribution is -2.37. The Hall–Kier alpha value is -2.05. The number of hydrogen-bond acceptors (Lipinski definition) is 5. The summed E-state index contributed by atoms with van der Waals surface area (Å²) in [6, 6.07) is -0.531. The maximum absolute atomic E-state index is 11.3. The van der Waals surface area contributed by atoms with Crippen LogP contribution in [0.3, 0.4) is 0 Å². The summed E-state index contributed by atoms with van der Waals surface area (Å²) in [4.78, 5) is 25.5. The summed E-state index contributed by atoms with van der Waals surface area (Å²) in [6.07, 6.45) is 1.01. The molecular formula is C9H13N3O4. The van der Waals surface area contributed by atoms with Crippen molar-refractivity contribution < 1.29 is 19.1 Å². The zero-order valence-corrected chi connectivity index (χ0v) is 8.98. The van der Waals surface area contributed by atoms with E-state index >= 15 is 0 Å². The number of aromatic carboxylic acids is 1. The predicted octanol–water partition coefficient (Wildman–Crippen LogP) is 0.309. The van der Waals surface area contributed by atoms with Crippen LogP contribution < -0.4 is 10.6 Å². The SMILES string of the molecule is CCNC(=O)C(C)Nc1nc(C(=O)O)co1. The van der Waals surface area contributed by atoms with Crippen molar-refractivity contribution in [2.45, 2.75) is 19.9 Å². The standard InChI is InChI=1S/C9H13N3O4/c1-3-10-7(13)5(2)11-9-12-6(4-16-9)8(14)15/h4-5H,3H2,1-2H3,(H,10,13)(H,11,12)(H,14,15). The minimum atomic E-state index is -1.18. The molecule has 0 aliphatic heterocycles. The number of carboxylic acid groups (broad SMARTS) is 1. The molecule has 16 heavy (non-hydrogen) atoms. The molecule has 0 aliphatic rings. The molecule has 1 unspecified atom stereocenters. The zero-order valence-electron chi connectivity index (χ0n) is 8.98. The summed E-state index contributed by atoms with van der Waals surface area (Å²) in [5.41, 5.74) is -0.203. The third kappa shape index (κ3) is 2.97. The van der Waals surface area contributed by atoms with Gasteiger partial charge in [0, 0.05) is 6.54 Å². The first kappa shape index (κ1) is 12.0. The lowest BCUT2D eigenvalue weighted by atomic mass is 10.3. The van der Waals surface area contributed by atoms with E-state index in [4.69, 9.17) is 9.52 Å². The molecule has 0 bridgehead atoms. The average Bonchev–Trinajstić information content (AvgIpc) is 2.66. The smallest absolute Gasteiger partial charge is 0.357 e. The monoisotopic (exact) mass is 227 g/mol. The van der Waals surface area contributed by atoms with Gasteiger partial charge in [-0.25, -0.2) is 4.79 Å². The molecule has 0 radical (unpaired) electrons. The fourth-order valence-electron chi connectivity index (χ4n) is 1.02. The lowest BCUT2D eigenvalue weighted by Gasteiger charge is -2.10. The average molecular weight is 227 g/mol. The minimum absolute atomic E-state index is 0.0103. The molecule has 3 N–H and O–H groups in total. The summed E-state index contributed by atoms with van der Waals surface area (Å²) in [5, 5.41) is 13.9. The van der Waals surface area contributed by atoms with E-state index in [2.05, 4.69) is 15.6 Å². The predicted molar refractivity (Wildman–Crippen MR) is 55.2 cm³/mol. The highest BCUT2D eigenvalue weighted by Gasteiger charge is 2.16. The van der Waals surface area contributed by atoms with E-state index in [0.29, 0.717) is 6.54 Å². The van der Waals surface area contributed by atoms with Crippen molar-refractivity contribution in [3.05, 3.63) is 12.0 Å². The van der Waals surface area contributed by atoms with Crippen LogP contribution in [0, 0.1) is 0 Å². The minimum Gasteiger partial charge on any atom is -0.476 e. The van der Waals surface area contributed by atoms with Gasteiger partial charge in [-0.15, -0.1) is 0 Å². The van der Waals surface area contributed by atoms with Crippen molar-refractivity contribution in [3.8, 4) is 0 Å². The second-order valence-corrected chi connectivity index (χ2v) is 3.10. The number of nitrogens with one attached hydrogen (secondary N) is 2. The molecule has 1 aromatic rings. The third-order valence-electron chi connectivity index (χ3n) is 1.81. The summed E-state index contributed by atoms with van der Waals surface area (Å²) in [7, 11) is 0. The number of carbonyl (C=O) groups excluding carboxylic acids is 1. The molecule has 0 spiro atoms. The van der Waals surface area contributed by atoms with Crippen LogP contribution in [0.1, 0.15) is 24.3 Å². The number of carbonyl (C=O) groups is 2. The number of oxazole rings is 1. The third-order valence-corrected chi connectivity index (χ3v) is 1.81. The van der Waals surface area contributed by atoms with E-state index in [1.54, 1.807) is 13.8 Å². The quantitative estimate of drug-likeness (QED) is 0.668. The van der Waals surface area contributed by atoms with E-state index in [1.807, 2.05) is 0 Å². The van der Waals surface area contributed by atoms with Crippen LogP contribution in [-0.4, -0.2) is 34.6 Å². The molecule has 1 heterocycles. The first-order valence-electron chi connectivity index (χ1n) is 4.77. The molecule has 1 atom stereocenters. The van der Waals surface area contributed by atoms with Gasteiger partial charge in [-0.3, -0.25) is 4.79 Å². The van der Waals surface area contributed by atoms with Gasteiger partial charge in [-0.1, -0.05) is 0 Å². The number of hydrogen-bond donors (Lipinski definition) is 3. The normalized spacial score (nSPS) is 11.9. The highest BCUT2D eigenvalue weighted by Crippen LogP contribution is 2.08. The Balaban J connectivity index is 2.59. The first-order valence-corrected chi connectivity index (χ1v) is 4.77. The second-order valence-electron chi connectivity index (χ2n) is 3.10. The number of carboxylic acids is 1. The number of likely N-dealkylation sites (N-methyl/N-ethyl adjacent to an activating group) is 1. The van der Waals surface area contributed by atoms with E-state index in [9.17, 15) is 9.59 Å². The van der Waals surface area contributed by atoms with Gasteiger partial charge in [-0.2, -0.15) is 4.98 Å². The van der Waals surface area contributed by atoms with Crippen molar-refractivity contribution in [1.29, 1.82) is 0 Å². The maximum atomic E-state index is 11.3. The largest absolute Gasteiger partial charge is 0.476 e. The van der Waals surface area contributed by atoms with E-state index in [-0.39, 0.29) is 17.6 Å². The Bertz CT molecular complexity index is 388. The zero-order chi connectivity index (χ0) is 12.1. The van der Waals surface area contributed by atoms with Gasteiger partial charge in [0.15, 0.2) is 5.69 Å². The highest BCUT2D eigenvalue weighted by atomic mass is 16.4. The first-order chi connectivity index (χ1) is 7.54. The molecule has 1 amide bonds. The molecule has 0 saturated heterocycles. The van der Waals surface area contributed by atoms with E-state index in [0.717, 1.165) is 6.26 Å². The van der Waals surface area contributed by atoms with Gasteiger partial charge in [0.05, 0.1) is 0 Å². The number of amides is 1. The van der Waals surface area contributed by atoms with Crippen LogP contribution in [0.25, 0.3) is 0 Å². The summed E-state index contributed by atoms with van der Waals surface area (Å²) in [6.45, 7) is 3.95. The van der Waals surface area contributed by atoms with Crippen LogP contribution in [0.15, 0.2) is 10.7 Å². The van der Waals surface area contributed by atoms with Gasteiger partial charge in [0.2, 0.25) is 5.91 Å². The summed E-state index contributed by atoms with van der Waals surface area (Å²) < 4.78 is 4.84. The van der Waals surface area contributed by atoms with Gasteiger partial charge < -0.3 is 20.2 Å². The van der Waals surface area contributed by atoms with E-state index in [1.165, 1.54) is 0 Å². The van der Waals surface area contributed by atoms with Gasteiger partial charge in [0.1, 0.15) is 12.3 Å². The van der Waals surface area contributed by atoms with Crippen LogP contribution >= 0.6 is 0 Å². The molecule has 0 fully saturated rings. The van der Waals surface area contributed by atoms with Crippen LogP contribution in [-0.2, 0) is 4.79 Å². The summed E-state index contributed by atoms with van der Waals surface area (Å²) in [5.74, 6) is -1.39. The number of rotatable bonds is 5. The molecule has 0 aliphatic carbocycles. The molecular weight excluding hydrogens is 214 g/mol. The van der Waals surface area contributed by atoms with Crippen molar-refractivity contribution in [1.82, 2.24) is 10.3 Å². The number of anilines is 1. The van der Waals surface area contributed by atoms with Crippen molar-refractivity contribution in [2.24, 2.45) is 0 Å². The molecule has 88 valence electrons. The fourth-order valence-corrected chi connectivity index (χ4v) is 1.02. The molecule has 0 aromatic carbocycles. The van der Waals surface area contributed by atoms with Gasteiger partial charge in [-0.05, 0) is 13.8 Å². The van der Waals surface area contributed by atoms with Crippen molar-refractivity contribution >= 4 is 17.9 Å². The Morgan fingerprint density at radius 1 is 1.62 bits per heavy atom. The topological polar surface area (TPSA) is 104 Å². The molecule has 7 heteroatoms. The maximum Gasteiger partial charge on any atom is 0.357 e. The van der Waals surface area contributed by atoms with Crippen molar-refractivity contribution in [2.75, 3.05) is 11.9 Å². The number of nitrogens with zero attached hydrogens (tertiary/aromatic N) is 1. The van der Waals surface area contributed by atoms with Crippen LogP contribution in [0.4, 0.5) is 6.01 Å². The van der Waals surface area contributed by atoms with Crippen LogP contribution in [0.5, 0.6) is 0 Å². The Morgan fingerprint density at radius 2 is 2.31 bits per heavy atom. The second kappa shape index (κ2) is 5.15. The molecule has 1 aromatic heterocycles. The van der Waals surface area contributed by atoms with Crippen molar-refractivity contribution in [3.63, 3.8) is 0 Å². The van der Waals surface area contributed by atoms with Gasteiger partial charge in [0.25, 0.3) is 6.01 Å². The molecule has 7 nitrogen and oxygen atoms in total. The highest BCUT2D eigenvalue weighted by molar-refractivity contribution is 5.86. The number of aromatic nitrogens is 1. The van der Waals surface area contributed by atoms with Crippen LogP contribution in [0.2, 0.25) is 0 Å². The van der Waals surface area contributed by atoms with Gasteiger partial charge >= 0.3 is 5.97 Å². The lowest BCUT2D eigenvalue weighted by molar-refractivity contribution is -0.121.